The van der Waals surface area contributed by atoms with E-state index in [0.717, 1.165) is 5.69 Å². The standard InChI is InChI=1S/C20H22N2O2/c1-11(2)21-16-10-9-15-17(18(16)22-12(3)4)20(24)14-8-6-5-7-13(14)19(15)23/h5-12,21-22H,1-4H3. The molecule has 0 amide bonds. The third-order valence-corrected chi connectivity index (χ3v) is 3.97. The lowest BCUT2D eigenvalue weighted by Gasteiger charge is -2.25. The van der Waals surface area contributed by atoms with Gasteiger partial charge < -0.3 is 10.6 Å². The van der Waals surface area contributed by atoms with E-state index in [-0.39, 0.29) is 23.7 Å². The lowest BCUT2D eigenvalue weighted by molar-refractivity contribution is 0.0979. The zero-order chi connectivity index (χ0) is 17.4. The first kappa shape index (κ1) is 16.2. The largest absolute Gasteiger partial charge is 0.381 e. The molecule has 2 N–H and O–H groups in total. The Morgan fingerprint density at radius 1 is 0.708 bits per heavy atom. The van der Waals surface area contributed by atoms with Crippen molar-refractivity contribution < 1.29 is 9.59 Å². The topological polar surface area (TPSA) is 58.2 Å². The van der Waals surface area contributed by atoms with Gasteiger partial charge in [0.25, 0.3) is 0 Å². The summed E-state index contributed by atoms with van der Waals surface area (Å²) in [6.07, 6.45) is 0. The number of rotatable bonds is 4. The van der Waals surface area contributed by atoms with Crippen LogP contribution in [0.25, 0.3) is 0 Å². The summed E-state index contributed by atoms with van der Waals surface area (Å²) < 4.78 is 0. The summed E-state index contributed by atoms with van der Waals surface area (Å²) in [5.74, 6) is -0.196. The molecular formula is C20H22N2O2. The zero-order valence-corrected chi connectivity index (χ0v) is 14.4. The number of ketones is 2. The van der Waals surface area contributed by atoms with Gasteiger partial charge in [0.2, 0.25) is 0 Å². The van der Waals surface area contributed by atoms with Gasteiger partial charge in [0.1, 0.15) is 0 Å². The van der Waals surface area contributed by atoms with E-state index in [2.05, 4.69) is 10.6 Å². The van der Waals surface area contributed by atoms with E-state index in [1.165, 1.54) is 0 Å². The van der Waals surface area contributed by atoms with Crippen molar-refractivity contribution in [3.8, 4) is 0 Å². The van der Waals surface area contributed by atoms with Gasteiger partial charge in [-0.05, 0) is 39.8 Å². The van der Waals surface area contributed by atoms with Gasteiger partial charge in [-0.25, -0.2) is 0 Å². The second-order valence-electron chi connectivity index (χ2n) is 6.71. The minimum Gasteiger partial charge on any atom is -0.381 e. The van der Waals surface area contributed by atoms with Crippen molar-refractivity contribution in [1.82, 2.24) is 0 Å². The van der Waals surface area contributed by atoms with Crippen LogP contribution in [-0.4, -0.2) is 23.7 Å². The first-order chi connectivity index (χ1) is 11.4. The zero-order valence-electron chi connectivity index (χ0n) is 14.4. The maximum Gasteiger partial charge on any atom is 0.196 e. The van der Waals surface area contributed by atoms with Gasteiger partial charge in [0.05, 0.1) is 16.9 Å². The molecular weight excluding hydrogens is 300 g/mol. The van der Waals surface area contributed by atoms with Crippen molar-refractivity contribution in [2.24, 2.45) is 0 Å². The van der Waals surface area contributed by atoms with Crippen LogP contribution in [0.5, 0.6) is 0 Å². The molecule has 0 atom stereocenters. The molecule has 0 saturated heterocycles. The van der Waals surface area contributed by atoms with Crippen LogP contribution in [0.3, 0.4) is 0 Å². The van der Waals surface area contributed by atoms with Crippen LogP contribution in [0.15, 0.2) is 36.4 Å². The van der Waals surface area contributed by atoms with Crippen LogP contribution >= 0.6 is 0 Å². The lowest BCUT2D eigenvalue weighted by Crippen LogP contribution is -2.25. The molecule has 24 heavy (non-hydrogen) atoms. The molecule has 0 unspecified atom stereocenters. The lowest BCUT2D eigenvalue weighted by atomic mass is 9.82. The van der Waals surface area contributed by atoms with Crippen LogP contribution < -0.4 is 10.6 Å². The second-order valence-corrected chi connectivity index (χ2v) is 6.71. The maximum atomic E-state index is 13.1. The highest BCUT2D eigenvalue weighted by Gasteiger charge is 2.32. The Balaban J connectivity index is 2.24. The molecule has 4 nitrogen and oxygen atoms in total. The van der Waals surface area contributed by atoms with Gasteiger partial charge in [-0.1, -0.05) is 24.3 Å². The highest BCUT2D eigenvalue weighted by Crippen LogP contribution is 2.37. The Kier molecular flexibility index (Phi) is 4.14. The van der Waals surface area contributed by atoms with E-state index in [1.54, 1.807) is 30.3 Å². The monoisotopic (exact) mass is 322 g/mol. The highest BCUT2D eigenvalue weighted by molar-refractivity contribution is 6.30. The fraction of sp³-hybridized carbons (Fsp3) is 0.300. The summed E-state index contributed by atoms with van der Waals surface area (Å²) in [5.41, 5.74) is 3.45. The van der Waals surface area contributed by atoms with Gasteiger partial charge in [-0.2, -0.15) is 0 Å². The molecule has 2 aromatic rings. The molecule has 0 aliphatic heterocycles. The van der Waals surface area contributed by atoms with E-state index in [9.17, 15) is 9.59 Å². The van der Waals surface area contributed by atoms with Crippen molar-refractivity contribution in [3.05, 3.63) is 58.7 Å². The van der Waals surface area contributed by atoms with Crippen molar-refractivity contribution in [1.29, 1.82) is 0 Å². The van der Waals surface area contributed by atoms with E-state index in [0.29, 0.717) is 27.9 Å². The summed E-state index contributed by atoms with van der Waals surface area (Å²) in [7, 11) is 0. The average Bonchev–Trinajstić information content (AvgIpc) is 2.53. The minimum absolute atomic E-state index is 0.0943. The normalized spacial score (nSPS) is 13.1. The summed E-state index contributed by atoms with van der Waals surface area (Å²) in [6, 6.07) is 11.0. The van der Waals surface area contributed by atoms with E-state index in [1.807, 2.05) is 33.8 Å². The highest BCUT2D eigenvalue weighted by atomic mass is 16.1. The fourth-order valence-electron chi connectivity index (χ4n) is 3.06. The number of carbonyl (C=O) groups is 2. The number of fused-ring (bicyclic) bond motifs is 2. The Hall–Kier alpha value is -2.62. The Bertz CT molecular complexity index is 822. The molecule has 0 heterocycles. The van der Waals surface area contributed by atoms with Crippen LogP contribution in [0.4, 0.5) is 11.4 Å². The van der Waals surface area contributed by atoms with E-state index in [4.69, 9.17) is 0 Å². The Labute approximate surface area is 142 Å². The van der Waals surface area contributed by atoms with Crippen LogP contribution in [0.1, 0.15) is 59.5 Å². The van der Waals surface area contributed by atoms with E-state index < -0.39 is 0 Å². The SMILES string of the molecule is CC(C)Nc1ccc2c(c1NC(C)C)C(=O)c1ccccc1C2=O. The third kappa shape index (κ3) is 2.68. The van der Waals surface area contributed by atoms with Gasteiger partial charge in [-0.15, -0.1) is 0 Å². The number of hydrogen-bond donors (Lipinski definition) is 2. The molecule has 3 rings (SSSR count). The van der Waals surface area contributed by atoms with Crippen LogP contribution in [0.2, 0.25) is 0 Å². The predicted octanol–water partition coefficient (Wildman–Crippen LogP) is 4.10. The molecule has 0 spiro atoms. The molecule has 2 aromatic carbocycles. The number of benzene rings is 2. The van der Waals surface area contributed by atoms with Gasteiger partial charge >= 0.3 is 0 Å². The van der Waals surface area contributed by atoms with Crippen LogP contribution in [-0.2, 0) is 0 Å². The Morgan fingerprint density at radius 2 is 1.29 bits per heavy atom. The minimum atomic E-state index is -0.101. The molecule has 0 bridgehead atoms. The molecule has 4 heteroatoms. The smallest absolute Gasteiger partial charge is 0.196 e. The van der Waals surface area contributed by atoms with Crippen molar-refractivity contribution in [3.63, 3.8) is 0 Å². The number of nitrogens with one attached hydrogen (secondary N) is 2. The summed E-state index contributed by atoms with van der Waals surface area (Å²) in [5, 5.41) is 6.72. The maximum absolute atomic E-state index is 13.1. The molecule has 0 aromatic heterocycles. The van der Waals surface area contributed by atoms with E-state index >= 15 is 0 Å². The quantitative estimate of drug-likeness (QED) is 0.759. The summed E-state index contributed by atoms with van der Waals surface area (Å²) in [6.45, 7) is 8.12. The predicted molar refractivity (Wildman–Crippen MR) is 97.3 cm³/mol. The summed E-state index contributed by atoms with van der Waals surface area (Å²) >= 11 is 0. The summed E-state index contributed by atoms with van der Waals surface area (Å²) in [4.78, 5) is 25.9. The number of carbonyl (C=O) groups excluding carboxylic acids is 2. The van der Waals surface area contributed by atoms with Crippen molar-refractivity contribution in [2.45, 2.75) is 39.8 Å². The van der Waals surface area contributed by atoms with Crippen molar-refractivity contribution >= 4 is 22.9 Å². The van der Waals surface area contributed by atoms with Gasteiger partial charge in [-0.3, -0.25) is 9.59 Å². The Morgan fingerprint density at radius 3 is 1.88 bits per heavy atom. The molecule has 0 radical (unpaired) electrons. The molecule has 0 fully saturated rings. The first-order valence-corrected chi connectivity index (χ1v) is 8.28. The molecule has 124 valence electrons. The van der Waals surface area contributed by atoms with Gasteiger partial charge in [0.15, 0.2) is 11.6 Å². The average molecular weight is 322 g/mol. The number of hydrogen-bond acceptors (Lipinski definition) is 4. The first-order valence-electron chi connectivity index (χ1n) is 8.28. The molecule has 1 aliphatic rings. The number of anilines is 2. The van der Waals surface area contributed by atoms with Gasteiger partial charge in [0, 0.05) is 28.8 Å². The molecule has 0 saturated carbocycles. The molecule has 1 aliphatic carbocycles. The third-order valence-electron chi connectivity index (χ3n) is 3.97. The van der Waals surface area contributed by atoms with Crippen molar-refractivity contribution in [2.75, 3.05) is 10.6 Å². The fourth-order valence-corrected chi connectivity index (χ4v) is 3.06. The second kappa shape index (κ2) is 6.11. The van der Waals surface area contributed by atoms with Crippen LogP contribution in [0, 0.1) is 0 Å².